The first-order valence-electron chi connectivity index (χ1n) is 5.50. The molecule has 1 unspecified atom stereocenters. The van der Waals surface area contributed by atoms with Crippen molar-refractivity contribution in [3.8, 4) is 0 Å². The predicted molar refractivity (Wildman–Crippen MR) is 57.5 cm³/mol. The van der Waals surface area contributed by atoms with E-state index < -0.39 is 0 Å². The highest BCUT2D eigenvalue weighted by Crippen LogP contribution is 2.31. The van der Waals surface area contributed by atoms with E-state index in [1.807, 2.05) is 13.2 Å². The highest BCUT2D eigenvalue weighted by Gasteiger charge is 2.20. The molecule has 0 amide bonds. The highest BCUT2D eigenvalue weighted by atomic mass is 15.3. The number of hydrogen-bond acceptors (Lipinski definition) is 2. The van der Waals surface area contributed by atoms with Gasteiger partial charge in [-0.15, -0.1) is 0 Å². The summed E-state index contributed by atoms with van der Waals surface area (Å²) < 4.78 is 2.14. The van der Waals surface area contributed by atoms with Gasteiger partial charge in [-0.05, 0) is 37.8 Å². The molecule has 1 saturated carbocycles. The summed E-state index contributed by atoms with van der Waals surface area (Å²) in [7, 11) is 1.99. The summed E-state index contributed by atoms with van der Waals surface area (Å²) >= 11 is 0. The fourth-order valence-corrected chi connectivity index (χ4v) is 1.88. The Labute approximate surface area is 85.5 Å². The third-order valence-electron chi connectivity index (χ3n) is 3.15. The number of nitrogens with one attached hydrogen (secondary N) is 1. The molecule has 1 aliphatic carbocycles. The van der Waals surface area contributed by atoms with Crippen molar-refractivity contribution >= 4 is 0 Å². The monoisotopic (exact) mass is 193 g/mol. The number of rotatable bonds is 4. The summed E-state index contributed by atoms with van der Waals surface area (Å²) in [6, 6.07) is 0.686. The van der Waals surface area contributed by atoms with E-state index in [2.05, 4.69) is 28.2 Å². The Hall–Kier alpha value is -0.830. The Kier molecular flexibility index (Phi) is 2.87. The van der Waals surface area contributed by atoms with Crippen molar-refractivity contribution in [1.29, 1.82) is 0 Å². The van der Waals surface area contributed by atoms with Gasteiger partial charge in [0.1, 0.15) is 0 Å². The molecule has 1 fully saturated rings. The Morgan fingerprint density at radius 1 is 1.64 bits per heavy atom. The first-order valence-corrected chi connectivity index (χ1v) is 5.50. The summed E-state index contributed by atoms with van der Waals surface area (Å²) in [6.45, 7) is 3.26. The lowest BCUT2D eigenvalue weighted by molar-refractivity contribution is 0.289. The van der Waals surface area contributed by atoms with Crippen molar-refractivity contribution in [1.82, 2.24) is 15.1 Å². The average Bonchev–Trinajstić information content (AvgIpc) is 2.50. The number of hydrogen-bond donors (Lipinski definition) is 1. The zero-order chi connectivity index (χ0) is 9.97. The minimum Gasteiger partial charge on any atom is -0.319 e. The lowest BCUT2D eigenvalue weighted by Crippen LogP contribution is -2.17. The number of aromatic nitrogens is 2. The van der Waals surface area contributed by atoms with Crippen molar-refractivity contribution in [2.75, 3.05) is 13.6 Å². The molecule has 1 atom stereocenters. The first kappa shape index (κ1) is 9.71. The summed E-state index contributed by atoms with van der Waals surface area (Å²) in [6.07, 6.45) is 8.21. The van der Waals surface area contributed by atoms with E-state index in [9.17, 15) is 0 Å². The SMILES string of the molecule is CNCC(C)c1cnn(C2CCC2)c1. The number of nitrogens with zero attached hydrogens (tertiary/aromatic N) is 2. The summed E-state index contributed by atoms with van der Waals surface area (Å²) in [4.78, 5) is 0. The van der Waals surface area contributed by atoms with Gasteiger partial charge in [-0.3, -0.25) is 4.68 Å². The van der Waals surface area contributed by atoms with E-state index in [0.29, 0.717) is 12.0 Å². The molecule has 0 aromatic carbocycles. The third-order valence-corrected chi connectivity index (χ3v) is 3.15. The fraction of sp³-hybridized carbons (Fsp3) is 0.727. The van der Waals surface area contributed by atoms with Gasteiger partial charge in [0, 0.05) is 12.7 Å². The van der Waals surface area contributed by atoms with E-state index in [1.54, 1.807) is 0 Å². The molecular formula is C11H19N3. The van der Waals surface area contributed by atoms with Gasteiger partial charge in [-0.1, -0.05) is 6.92 Å². The van der Waals surface area contributed by atoms with Crippen molar-refractivity contribution in [3.63, 3.8) is 0 Å². The first-order chi connectivity index (χ1) is 6.81. The van der Waals surface area contributed by atoms with Gasteiger partial charge in [-0.2, -0.15) is 5.10 Å². The molecular weight excluding hydrogens is 174 g/mol. The Morgan fingerprint density at radius 3 is 3.00 bits per heavy atom. The largest absolute Gasteiger partial charge is 0.319 e. The maximum absolute atomic E-state index is 4.43. The van der Waals surface area contributed by atoms with Gasteiger partial charge >= 0.3 is 0 Å². The second-order valence-electron chi connectivity index (χ2n) is 4.30. The van der Waals surface area contributed by atoms with Gasteiger partial charge in [0.25, 0.3) is 0 Å². The van der Waals surface area contributed by atoms with Gasteiger partial charge < -0.3 is 5.32 Å². The molecule has 1 heterocycles. The van der Waals surface area contributed by atoms with Crippen LogP contribution in [0, 0.1) is 0 Å². The van der Waals surface area contributed by atoms with Crippen molar-refractivity contribution in [3.05, 3.63) is 18.0 Å². The molecule has 1 aromatic rings. The van der Waals surface area contributed by atoms with E-state index in [0.717, 1.165) is 6.54 Å². The van der Waals surface area contributed by atoms with E-state index in [4.69, 9.17) is 0 Å². The fourth-order valence-electron chi connectivity index (χ4n) is 1.88. The van der Waals surface area contributed by atoms with Crippen molar-refractivity contribution < 1.29 is 0 Å². The minimum atomic E-state index is 0.564. The van der Waals surface area contributed by atoms with Crippen LogP contribution in [0.3, 0.4) is 0 Å². The van der Waals surface area contributed by atoms with E-state index >= 15 is 0 Å². The molecule has 78 valence electrons. The summed E-state index contributed by atoms with van der Waals surface area (Å²) in [5.41, 5.74) is 1.35. The van der Waals surface area contributed by atoms with Gasteiger partial charge in [0.15, 0.2) is 0 Å². The molecule has 0 spiro atoms. The summed E-state index contributed by atoms with van der Waals surface area (Å²) in [5, 5.41) is 7.63. The molecule has 0 radical (unpaired) electrons. The predicted octanol–water partition coefficient (Wildman–Crippen LogP) is 1.93. The van der Waals surface area contributed by atoms with Crippen LogP contribution in [-0.4, -0.2) is 23.4 Å². The lowest BCUT2D eigenvalue weighted by Gasteiger charge is -2.25. The molecule has 0 bridgehead atoms. The molecule has 2 rings (SSSR count). The zero-order valence-corrected chi connectivity index (χ0v) is 9.03. The van der Waals surface area contributed by atoms with Crippen molar-refractivity contribution in [2.45, 2.75) is 38.1 Å². The smallest absolute Gasteiger partial charge is 0.0525 e. The topological polar surface area (TPSA) is 29.9 Å². The minimum absolute atomic E-state index is 0.564. The van der Waals surface area contributed by atoms with Crippen molar-refractivity contribution in [2.24, 2.45) is 0 Å². The van der Waals surface area contributed by atoms with Crippen LogP contribution in [0.25, 0.3) is 0 Å². The van der Waals surface area contributed by atoms with Crippen LogP contribution >= 0.6 is 0 Å². The van der Waals surface area contributed by atoms with Crippen LogP contribution in [-0.2, 0) is 0 Å². The Morgan fingerprint density at radius 2 is 2.43 bits per heavy atom. The molecule has 0 saturated heterocycles. The van der Waals surface area contributed by atoms with Gasteiger partial charge in [0.05, 0.1) is 12.2 Å². The van der Waals surface area contributed by atoms with Crippen LogP contribution < -0.4 is 5.32 Å². The van der Waals surface area contributed by atoms with E-state index in [1.165, 1.54) is 24.8 Å². The quantitative estimate of drug-likeness (QED) is 0.792. The number of likely N-dealkylation sites (N-methyl/N-ethyl adjacent to an activating group) is 1. The molecule has 1 N–H and O–H groups in total. The Bertz CT molecular complexity index is 288. The maximum Gasteiger partial charge on any atom is 0.0525 e. The second-order valence-corrected chi connectivity index (χ2v) is 4.30. The molecule has 14 heavy (non-hydrogen) atoms. The Balaban J connectivity index is 2.01. The van der Waals surface area contributed by atoms with Crippen LogP contribution in [0.15, 0.2) is 12.4 Å². The van der Waals surface area contributed by atoms with Crippen LogP contribution in [0.2, 0.25) is 0 Å². The lowest BCUT2D eigenvalue weighted by atomic mass is 9.93. The average molecular weight is 193 g/mol. The molecule has 0 aliphatic heterocycles. The van der Waals surface area contributed by atoms with Gasteiger partial charge in [0.2, 0.25) is 0 Å². The van der Waals surface area contributed by atoms with E-state index in [-0.39, 0.29) is 0 Å². The zero-order valence-electron chi connectivity index (χ0n) is 9.03. The normalized spacial score (nSPS) is 19.3. The summed E-state index contributed by atoms with van der Waals surface area (Å²) in [5.74, 6) is 0.564. The van der Waals surface area contributed by atoms with Crippen LogP contribution in [0.4, 0.5) is 0 Å². The van der Waals surface area contributed by atoms with Gasteiger partial charge in [-0.25, -0.2) is 0 Å². The molecule has 3 heteroatoms. The molecule has 1 aliphatic rings. The van der Waals surface area contributed by atoms with Crippen LogP contribution in [0.5, 0.6) is 0 Å². The van der Waals surface area contributed by atoms with Crippen LogP contribution in [0.1, 0.15) is 43.7 Å². The molecule has 1 aromatic heterocycles. The second kappa shape index (κ2) is 4.13. The standard InChI is InChI=1S/C11H19N3/c1-9(6-12-2)10-7-13-14(8-10)11-4-3-5-11/h7-9,11-12H,3-6H2,1-2H3. The molecule has 3 nitrogen and oxygen atoms in total. The maximum atomic E-state index is 4.43. The third kappa shape index (κ3) is 1.82. The highest BCUT2D eigenvalue weighted by molar-refractivity contribution is 5.11.